The molecule has 1 atom stereocenters. The summed E-state index contributed by atoms with van der Waals surface area (Å²) in [6, 6.07) is 0.236. The summed E-state index contributed by atoms with van der Waals surface area (Å²) in [5, 5.41) is 7.43. The summed E-state index contributed by atoms with van der Waals surface area (Å²) >= 11 is 0. The Morgan fingerprint density at radius 2 is 2.33 bits per heavy atom. The first-order valence-electron chi connectivity index (χ1n) is 8.08. The van der Waals surface area contributed by atoms with Crippen LogP contribution in [0.2, 0.25) is 0 Å². The number of aromatic nitrogens is 3. The molecule has 0 saturated carbocycles. The van der Waals surface area contributed by atoms with Gasteiger partial charge in [0.1, 0.15) is 5.76 Å². The number of nitrogens with one attached hydrogen (secondary N) is 1. The van der Waals surface area contributed by atoms with E-state index < -0.39 is 0 Å². The molecule has 8 heteroatoms. The molecule has 0 bridgehead atoms. The van der Waals surface area contributed by atoms with Gasteiger partial charge >= 0.3 is 0 Å². The zero-order valence-electron chi connectivity index (χ0n) is 14.3. The van der Waals surface area contributed by atoms with E-state index in [1.54, 1.807) is 17.8 Å². The van der Waals surface area contributed by atoms with Crippen molar-refractivity contribution in [2.75, 3.05) is 19.6 Å². The van der Waals surface area contributed by atoms with Gasteiger partial charge in [0, 0.05) is 32.4 Å². The van der Waals surface area contributed by atoms with Crippen molar-refractivity contribution in [2.45, 2.75) is 32.7 Å². The molecule has 1 fully saturated rings. The summed E-state index contributed by atoms with van der Waals surface area (Å²) in [5.41, 5.74) is 1.18. The summed E-state index contributed by atoms with van der Waals surface area (Å²) in [7, 11) is 1.83. The molecule has 1 aliphatic heterocycles. The SMILES string of the molecule is CCCN(C(=O)c1nc(-c2cnn(C)c2)oc1C)C1CCNC1.Cl. The molecule has 2 aromatic heterocycles. The fourth-order valence-electron chi connectivity index (χ4n) is 2.98. The molecule has 1 aliphatic rings. The lowest BCUT2D eigenvalue weighted by Crippen LogP contribution is -2.42. The maximum atomic E-state index is 12.9. The highest BCUT2D eigenvalue weighted by molar-refractivity contribution is 5.94. The van der Waals surface area contributed by atoms with E-state index in [-0.39, 0.29) is 24.4 Å². The van der Waals surface area contributed by atoms with Crippen molar-refractivity contribution in [3.05, 3.63) is 23.8 Å². The van der Waals surface area contributed by atoms with E-state index in [2.05, 4.69) is 22.3 Å². The monoisotopic (exact) mass is 353 g/mol. The Kier molecular flexibility index (Phi) is 6.01. The molecule has 1 saturated heterocycles. The number of oxazole rings is 1. The quantitative estimate of drug-likeness (QED) is 0.890. The van der Waals surface area contributed by atoms with Crippen molar-refractivity contribution < 1.29 is 9.21 Å². The second-order valence-corrected chi connectivity index (χ2v) is 5.97. The lowest BCUT2D eigenvalue weighted by atomic mass is 10.2. The van der Waals surface area contributed by atoms with Gasteiger partial charge in [-0.05, 0) is 26.3 Å². The molecular formula is C16H24ClN5O2. The van der Waals surface area contributed by atoms with Gasteiger partial charge in [0.2, 0.25) is 5.89 Å². The molecule has 3 heterocycles. The number of carbonyl (C=O) groups excluding carboxylic acids is 1. The van der Waals surface area contributed by atoms with Crippen molar-refractivity contribution in [3.63, 3.8) is 0 Å². The second-order valence-electron chi connectivity index (χ2n) is 5.97. The van der Waals surface area contributed by atoms with E-state index in [4.69, 9.17) is 4.42 Å². The third-order valence-corrected chi connectivity index (χ3v) is 4.15. The fraction of sp³-hybridized carbons (Fsp3) is 0.562. The van der Waals surface area contributed by atoms with Crippen molar-refractivity contribution in [3.8, 4) is 11.5 Å². The molecule has 7 nitrogen and oxygen atoms in total. The Balaban J connectivity index is 0.00000208. The van der Waals surface area contributed by atoms with Crippen LogP contribution in [0.4, 0.5) is 0 Å². The van der Waals surface area contributed by atoms with Gasteiger partial charge in [-0.1, -0.05) is 6.92 Å². The van der Waals surface area contributed by atoms with Gasteiger partial charge in [0.05, 0.1) is 11.8 Å². The van der Waals surface area contributed by atoms with Gasteiger partial charge in [-0.3, -0.25) is 9.48 Å². The number of aryl methyl sites for hydroxylation is 2. The predicted molar refractivity (Wildman–Crippen MR) is 93.3 cm³/mol. The van der Waals surface area contributed by atoms with Crippen LogP contribution in [0.25, 0.3) is 11.5 Å². The molecule has 1 unspecified atom stereocenters. The third kappa shape index (κ3) is 3.62. The molecule has 1 amide bonds. The Bertz CT molecular complexity index is 690. The molecule has 0 aromatic carbocycles. The molecule has 2 aromatic rings. The number of amides is 1. The van der Waals surface area contributed by atoms with Crippen LogP contribution in [0, 0.1) is 6.92 Å². The van der Waals surface area contributed by atoms with E-state index in [0.29, 0.717) is 17.3 Å². The molecule has 3 rings (SSSR count). The molecule has 1 N–H and O–H groups in total. The number of nitrogens with zero attached hydrogens (tertiary/aromatic N) is 4. The third-order valence-electron chi connectivity index (χ3n) is 4.15. The van der Waals surface area contributed by atoms with Gasteiger partial charge < -0.3 is 14.6 Å². The minimum atomic E-state index is -0.0445. The number of carbonyl (C=O) groups is 1. The normalized spacial score (nSPS) is 16.9. The van der Waals surface area contributed by atoms with Crippen LogP contribution in [0.1, 0.15) is 36.0 Å². The minimum absolute atomic E-state index is 0. The summed E-state index contributed by atoms with van der Waals surface area (Å²) in [6.45, 7) is 6.41. The topological polar surface area (TPSA) is 76.2 Å². The lowest BCUT2D eigenvalue weighted by Gasteiger charge is -2.27. The first-order valence-corrected chi connectivity index (χ1v) is 8.08. The fourth-order valence-corrected chi connectivity index (χ4v) is 2.98. The zero-order valence-corrected chi connectivity index (χ0v) is 15.1. The van der Waals surface area contributed by atoms with Crippen LogP contribution in [0.5, 0.6) is 0 Å². The summed E-state index contributed by atoms with van der Waals surface area (Å²) in [5.74, 6) is 0.956. The van der Waals surface area contributed by atoms with Gasteiger partial charge in [0.25, 0.3) is 5.91 Å². The van der Waals surface area contributed by atoms with Gasteiger partial charge in [-0.2, -0.15) is 5.10 Å². The Hall–Kier alpha value is -1.86. The maximum absolute atomic E-state index is 12.9. The number of rotatable bonds is 5. The first-order chi connectivity index (χ1) is 11.1. The Labute approximate surface area is 147 Å². The number of halogens is 1. The summed E-state index contributed by atoms with van der Waals surface area (Å²) in [4.78, 5) is 19.3. The van der Waals surface area contributed by atoms with Crippen LogP contribution >= 0.6 is 12.4 Å². The highest BCUT2D eigenvalue weighted by Gasteiger charge is 2.30. The van der Waals surface area contributed by atoms with Gasteiger partial charge in [-0.25, -0.2) is 4.98 Å². The Morgan fingerprint density at radius 3 is 2.92 bits per heavy atom. The maximum Gasteiger partial charge on any atom is 0.276 e. The van der Waals surface area contributed by atoms with Crippen LogP contribution in [0.3, 0.4) is 0 Å². The average Bonchev–Trinajstić information content (AvgIpc) is 3.24. The number of hydrogen-bond acceptors (Lipinski definition) is 5. The van der Waals surface area contributed by atoms with Crippen molar-refractivity contribution >= 4 is 18.3 Å². The minimum Gasteiger partial charge on any atom is -0.440 e. The van der Waals surface area contributed by atoms with Crippen LogP contribution in [-0.4, -0.2) is 51.2 Å². The van der Waals surface area contributed by atoms with Gasteiger partial charge in [-0.15, -0.1) is 12.4 Å². The highest BCUT2D eigenvalue weighted by Crippen LogP contribution is 2.23. The van der Waals surface area contributed by atoms with Crippen LogP contribution in [0.15, 0.2) is 16.8 Å². The van der Waals surface area contributed by atoms with Crippen molar-refractivity contribution in [1.29, 1.82) is 0 Å². The number of hydrogen-bond donors (Lipinski definition) is 1. The van der Waals surface area contributed by atoms with E-state index in [0.717, 1.165) is 38.0 Å². The molecule has 132 valence electrons. The summed E-state index contributed by atoms with van der Waals surface area (Å²) < 4.78 is 7.38. The van der Waals surface area contributed by atoms with Crippen molar-refractivity contribution in [1.82, 2.24) is 25.0 Å². The molecule has 0 spiro atoms. The second kappa shape index (κ2) is 7.81. The van der Waals surface area contributed by atoms with Crippen LogP contribution in [-0.2, 0) is 7.05 Å². The molecule has 0 radical (unpaired) electrons. The highest BCUT2D eigenvalue weighted by atomic mass is 35.5. The van der Waals surface area contributed by atoms with E-state index in [1.165, 1.54) is 0 Å². The zero-order chi connectivity index (χ0) is 16.4. The van der Waals surface area contributed by atoms with E-state index in [9.17, 15) is 4.79 Å². The first kappa shape index (κ1) is 18.5. The standard InChI is InChI=1S/C16H23N5O2.ClH/c1-4-7-21(13-5-6-17-9-13)16(22)14-11(2)23-15(19-14)12-8-18-20(3)10-12;/h8,10,13,17H,4-7,9H2,1-3H3;1H. The predicted octanol–water partition coefficient (Wildman–Crippen LogP) is 2.02. The molecular weight excluding hydrogens is 330 g/mol. The van der Waals surface area contributed by atoms with E-state index >= 15 is 0 Å². The average molecular weight is 354 g/mol. The Morgan fingerprint density at radius 1 is 1.54 bits per heavy atom. The smallest absolute Gasteiger partial charge is 0.276 e. The molecule has 24 heavy (non-hydrogen) atoms. The lowest BCUT2D eigenvalue weighted by molar-refractivity contribution is 0.0685. The van der Waals surface area contributed by atoms with Crippen LogP contribution < -0.4 is 5.32 Å². The summed E-state index contributed by atoms with van der Waals surface area (Å²) in [6.07, 6.45) is 5.42. The largest absolute Gasteiger partial charge is 0.440 e. The van der Waals surface area contributed by atoms with Crippen molar-refractivity contribution in [2.24, 2.45) is 7.05 Å². The van der Waals surface area contributed by atoms with Gasteiger partial charge in [0.15, 0.2) is 5.69 Å². The van der Waals surface area contributed by atoms with E-state index in [1.807, 2.05) is 18.1 Å². The molecule has 0 aliphatic carbocycles.